The second-order valence-electron chi connectivity index (χ2n) is 12.3. The molecule has 4 rings (SSSR count). The third-order valence-corrected chi connectivity index (χ3v) is 10.5. The number of Topliss-reactive ketones (excluding diaryl/α,β-unsaturated/α-hetero) is 1. The minimum atomic E-state index is -0.806. The van der Waals surface area contributed by atoms with Crippen LogP contribution in [0.4, 0.5) is 0 Å². The highest BCUT2D eigenvalue weighted by Gasteiger charge is 2.64. The first-order chi connectivity index (χ1) is 14.2. The Hall–Kier alpha value is -0.670. The zero-order valence-corrected chi connectivity index (χ0v) is 20.0. The molecule has 0 aromatic carbocycles. The largest absolute Gasteiger partial charge is 0.300 e. The summed E-state index contributed by atoms with van der Waals surface area (Å²) in [6.07, 6.45) is 15.5. The summed E-state index contributed by atoms with van der Waals surface area (Å²) in [6, 6.07) is 0. The first-order valence-corrected chi connectivity index (χ1v) is 12.7. The molecule has 8 atom stereocenters. The summed E-state index contributed by atoms with van der Waals surface area (Å²) in [6.45, 7) is 12.1. The molecule has 0 spiro atoms. The highest BCUT2D eigenvalue weighted by Crippen LogP contribution is 2.68. The fourth-order valence-corrected chi connectivity index (χ4v) is 8.61. The molecule has 0 heterocycles. The van der Waals surface area contributed by atoms with Crippen LogP contribution in [0.2, 0.25) is 0 Å². The fraction of sp³-hybridized carbons (Fsp3) is 0.889. The standard InChI is InChI=1S/C27H44O3/c1-18(2)7-6-8-19(3)22-9-10-23-21-12-16-27(30-29)17-20(28)11-15-26(27,5)24(21)13-14-25(22,23)4/h12,16,18-19,21-24,29H,6-11,13-15,17H2,1-5H3/t19-,21+,22-,23+,24+,25-,26-,27-/m1/s1. The van der Waals surface area contributed by atoms with Crippen molar-refractivity contribution in [3.63, 3.8) is 0 Å². The Kier molecular flexibility index (Phi) is 6.03. The minimum absolute atomic E-state index is 0.141. The molecule has 1 N–H and O–H groups in total. The van der Waals surface area contributed by atoms with Gasteiger partial charge in [0, 0.05) is 18.3 Å². The topological polar surface area (TPSA) is 46.5 Å². The van der Waals surface area contributed by atoms with Crippen LogP contribution >= 0.6 is 0 Å². The SMILES string of the molecule is CC(C)CCC[C@@H](C)[C@H]1CC[C@H]2[C@@H]3C=C[C@@]4(OO)CC(=O)CC[C@]4(C)[C@H]3CC[C@]12C. The lowest BCUT2D eigenvalue weighted by Gasteiger charge is -2.61. The minimum Gasteiger partial charge on any atom is -0.300 e. The number of carbonyl (C=O) groups excluding carboxylic acids is 1. The van der Waals surface area contributed by atoms with Gasteiger partial charge in [0.2, 0.25) is 0 Å². The number of carbonyl (C=O) groups is 1. The van der Waals surface area contributed by atoms with Crippen LogP contribution in [-0.2, 0) is 9.68 Å². The van der Waals surface area contributed by atoms with E-state index in [1.54, 1.807) is 0 Å². The van der Waals surface area contributed by atoms with Gasteiger partial charge in [0.25, 0.3) is 0 Å². The molecule has 0 saturated heterocycles. The summed E-state index contributed by atoms with van der Waals surface area (Å²) >= 11 is 0. The number of fused-ring (bicyclic) bond motifs is 5. The van der Waals surface area contributed by atoms with E-state index in [1.807, 2.05) is 0 Å². The van der Waals surface area contributed by atoms with Crippen molar-refractivity contribution in [2.24, 2.45) is 46.3 Å². The Labute approximate surface area is 184 Å². The summed E-state index contributed by atoms with van der Waals surface area (Å²) < 4.78 is 0. The first kappa shape index (κ1) is 22.5. The van der Waals surface area contributed by atoms with Crippen molar-refractivity contribution in [1.82, 2.24) is 0 Å². The number of hydrogen-bond donors (Lipinski definition) is 1. The van der Waals surface area contributed by atoms with Crippen molar-refractivity contribution in [3.05, 3.63) is 12.2 Å². The van der Waals surface area contributed by atoms with Gasteiger partial charge in [0.15, 0.2) is 0 Å². The van der Waals surface area contributed by atoms with Crippen LogP contribution in [0, 0.1) is 46.3 Å². The van der Waals surface area contributed by atoms with E-state index in [4.69, 9.17) is 4.89 Å². The van der Waals surface area contributed by atoms with E-state index in [9.17, 15) is 10.1 Å². The van der Waals surface area contributed by atoms with E-state index < -0.39 is 5.60 Å². The van der Waals surface area contributed by atoms with E-state index >= 15 is 0 Å². The molecular weight excluding hydrogens is 372 g/mol. The normalized spacial score (nSPS) is 46.4. The molecule has 0 radical (unpaired) electrons. The highest BCUT2D eigenvalue weighted by atomic mass is 17.1. The van der Waals surface area contributed by atoms with Crippen molar-refractivity contribution in [1.29, 1.82) is 0 Å². The lowest BCUT2D eigenvalue weighted by Crippen LogP contribution is -2.61. The van der Waals surface area contributed by atoms with Crippen LogP contribution in [0.25, 0.3) is 0 Å². The number of hydrogen-bond acceptors (Lipinski definition) is 3. The summed E-state index contributed by atoms with van der Waals surface area (Å²) in [5, 5.41) is 9.92. The van der Waals surface area contributed by atoms with Crippen LogP contribution in [0.3, 0.4) is 0 Å². The maximum absolute atomic E-state index is 12.2. The maximum Gasteiger partial charge on any atom is 0.136 e. The quantitative estimate of drug-likeness (QED) is 0.286. The van der Waals surface area contributed by atoms with Crippen LogP contribution in [0.5, 0.6) is 0 Å². The van der Waals surface area contributed by atoms with Gasteiger partial charge in [-0.2, -0.15) is 0 Å². The van der Waals surface area contributed by atoms with Crippen molar-refractivity contribution in [2.75, 3.05) is 0 Å². The highest BCUT2D eigenvalue weighted by molar-refractivity contribution is 5.81. The van der Waals surface area contributed by atoms with Crippen molar-refractivity contribution >= 4 is 5.78 Å². The molecular formula is C27H44O3. The molecule has 0 unspecified atom stereocenters. The van der Waals surface area contributed by atoms with E-state index in [0.717, 1.165) is 30.1 Å². The zero-order valence-electron chi connectivity index (χ0n) is 20.0. The molecule has 0 aromatic heterocycles. The second kappa shape index (κ2) is 8.03. The van der Waals surface area contributed by atoms with Gasteiger partial charge in [-0.05, 0) is 73.0 Å². The molecule has 3 nitrogen and oxygen atoms in total. The molecule has 3 heteroatoms. The third-order valence-electron chi connectivity index (χ3n) is 10.5. The van der Waals surface area contributed by atoms with Gasteiger partial charge in [-0.3, -0.25) is 10.1 Å². The molecule has 4 aliphatic carbocycles. The summed E-state index contributed by atoms with van der Waals surface area (Å²) in [5.74, 6) is 4.49. The van der Waals surface area contributed by atoms with Gasteiger partial charge in [0.05, 0.1) is 0 Å². The average molecular weight is 417 g/mol. The lowest BCUT2D eigenvalue weighted by atomic mass is 9.45. The fourth-order valence-electron chi connectivity index (χ4n) is 8.61. The molecule has 4 aliphatic rings. The molecule has 0 aromatic rings. The molecule has 3 fully saturated rings. The van der Waals surface area contributed by atoms with Crippen molar-refractivity contribution < 1.29 is 14.9 Å². The van der Waals surface area contributed by atoms with E-state index in [1.165, 1.54) is 44.9 Å². The Morgan fingerprint density at radius 2 is 1.87 bits per heavy atom. The zero-order chi connectivity index (χ0) is 21.7. The monoisotopic (exact) mass is 416 g/mol. The number of ketones is 1. The third kappa shape index (κ3) is 3.34. The average Bonchev–Trinajstić information content (AvgIpc) is 3.05. The van der Waals surface area contributed by atoms with E-state index in [2.05, 4.69) is 46.8 Å². The Balaban J connectivity index is 1.56. The first-order valence-electron chi connectivity index (χ1n) is 12.7. The molecule has 30 heavy (non-hydrogen) atoms. The summed E-state index contributed by atoms with van der Waals surface area (Å²) in [5.41, 5.74) is -0.513. The van der Waals surface area contributed by atoms with E-state index in [-0.39, 0.29) is 11.2 Å². The Morgan fingerprint density at radius 1 is 1.10 bits per heavy atom. The second-order valence-corrected chi connectivity index (χ2v) is 12.3. The van der Waals surface area contributed by atoms with Gasteiger partial charge in [-0.1, -0.05) is 66.0 Å². The van der Waals surface area contributed by atoms with Crippen LogP contribution in [0.1, 0.15) is 98.8 Å². The van der Waals surface area contributed by atoms with Gasteiger partial charge in [-0.25, -0.2) is 4.89 Å². The molecule has 0 bridgehead atoms. The predicted octanol–water partition coefficient (Wildman–Crippen LogP) is 7.07. The molecule has 0 amide bonds. The molecule has 170 valence electrons. The van der Waals surface area contributed by atoms with Gasteiger partial charge >= 0.3 is 0 Å². The van der Waals surface area contributed by atoms with Gasteiger partial charge in [0.1, 0.15) is 11.4 Å². The summed E-state index contributed by atoms with van der Waals surface area (Å²) in [4.78, 5) is 17.4. The predicted molar refractivity (Wildman–Crippen MR) is 121 cm³/mol. The Bertz CT molecular complexity index is 684. The van der Waals surface area contributed by atoms with Crippen LogP contribution in [-0.4, -0.2) is 16.6 Å². The maximum atomic E-state index is 12.2. The Morgan fingerprint density at radius 3 is 2.57 bits per heavy atom. The van der Waals surface area contributed by atoms with E-state index in [0.29, 0.717) is 30.1 Å². The van der Waals surface area contributed by atoms with Crippen LogP contribution < -0.4 is 0 Å². The smallest absolute Gasteiger partial charge is 0.136 e. The molecule has 0 aliphatic heterocycles. The lowest BCUT2D eigenvalue weighted by molar-refractivity contribution is -0.351. The summed E-state index contributed by atoms with van der Waals surface area (Å²) in [7, 11) is 0. The van der Waals surface area contributed by atoms with Crippen molar-refractivity contribution in [2.45, 2.75) is 104 Å². The number of rotatable bonds is 6. The number of allylic oxidation sites excluding steroid dienone is 1. The van der Waals surface area contributed by atoms with Crippen molar-refractivity contribution in [3.8, 4) is 0 Å². The van der Waals surface area contributed by atoms with Gasteiger partial charge in [-0.15, -0.1) is 0 Å². The molecule has 3 saturated carbocycles. The van der Waals surface area contributed by atoms with Crippen LogP contribution in [0.15, 0.2) is 12.2 Å². The van der Waals surface area contributed by atoms with Gasteiger partial charge < -0.3 is 0 Å².